The smallest absolute Gasteiger partial charge is 0.243 e. The van der Waals surface area contributed by atoms with Gasteiger partial charge < -0.3 is 19.9 Å². The van der Waals surface area contributed by atoms with Gasteiger partial charge in [-0.3, -0.25) is 4.79 Å². The fourth-order valence-electron chi connectivity index (χ4n) is 6.24. The highest BCUT2D eigenvalue weighted by molar-refractivity contribution is 14.0. The summed E-state index contributed by atoms with van der Waals surface area (Å²) in [5.74, 6) is 4.07. The number of carbonyl (C=O) groups excluding carboxylic acids is 1. The lowest BCUT2D eigenvalue weighted by Crippen LogP contribution is -2.48. The molecule has 0 aromatic rings. The van der Waals surface area contributed by atoms with Gasteiger partial charge in [-0.05, 0) is 43.9 Å². The van der Waals surface area contributed by atoms with E-state index in [0.29, 0.717) is 30.1 Å². The topological polar surface area (TPSA) is 57.2 Å². The van der Waals surface area contributed by atoms with Gasteiger partial charge in [-0.1, -0.05) is 6.42 Å². The van der Waals surface area contributed by atoms with Crippen LogP contribution in [0, 0.1) is 23.7 Å². The molecule has 7 heteroatoms. The minimum Gasteiger partial charge on any atom is -0.374 e. The Kier molecular flexibility index (Phi) is 5.62. The lowest BCUT2D eigenvalue weighted by molar-refractivity contribution is -0.127. The Balaban J connectivity index is 0.00000180. The molecule has 3 heterocycles. The van der Waals surface area contributed by atoms with Crippen molar-refractivity contribution in [3.05, 3.63) is 0 Å². The summed E-state index contributed by atoms with van der Waals surface area (Å²) in [6.07, 6.45) is 8.80. The average molecular weight is 488 g/mol. The molecule has 152 valence electrons. The molecule has 0 aromatic heterocycles. The molecule has 5 rings (SSSR count). The van der Waals surface area contributed by atoms with E-state index in [4.69, 9.17) is 9.73 Å². The average Bonchev–Trinajstić information content (AvgIpc) is 3.41. The molecule has 5 aliphatic rings. The Morgan fingerprint density at radius 3 is 2.37 bits per heavy atom. The number of hydrogen-bond donors (Lipinski definition) is 1. The molecular formula is C20H33IN4O2. The maximum absolute atomic E-state index is 12.1. The van der Waals surface area contributed by atoms with Crippen molar-refractivity contribution >= 4 is 35.8 Å². The number of ether oxygens (including phenoxy) is 1. The molecule has 7 atom stereocenters. The summed E-state index contributed by atoms with van der Waals surface area (Å²) in [6, 6.07) is 0.551. The highest BCUT2D eigenvalue weighted by atomic mass is 127. The maximum atomic E-state index is 12.1. The summed E-state index contributed by atoms with van der Waals surface area (Å²) < 4.78 is 6.12. The number of fused-ring (bicyclic) bond motifs is 7. The van der Waals surface area contributed by atoms with Crippen molar-refractivity contribution in [3.8, 4) is 0 Å². The Bertz CT molecular complexity index is 595. The monoisotopic (exact) mass is 488 g/mol. The number of rotatable bonds is 3. The van der Waals surface area contributed by atoms with E-state index in [1.165, 1.54) is 38.5 Å². The number of nitrogens with zero attached hydrogens (tertiary/aromatic N) is 3. The Hall–Kier alpha value is -0.570. The second-order valence-electron chi connectivity index (χ2n) is 9.38. The number of amides is 1. The molecule has 4 bridgehead atoms. The normalized spacial score (nSPS) is 41.6. The lowest BCUT2D eigenvalue weighted by atomic mass is 9.82. The van der Waals surface area contributed by atoms with Gasteiger partial charge in [-0.25, -0.2) is 4.99 Å². The molecule has 5 fully saturated rings. The molecule has 1 amide bonds. The van der Waals surface area contributed by atoms with Gasteiger partial charge in [-0.2, -0.15) is 0 Å². The molecule has 6 nitrogen and oxygen atoms in total. The number of likely N-dealkylation sites (tertiary alicyclic amines) is 1. The van der Waals surface area contributed by atoms with Crippen molar-refractivity contribution in [1.29, 1.82) is 0 Å². The second kappa shape index (κ2) is 7.69. The number of aliphatic imine (C=N–C) groups is 1. The van der Waals surface area contributed by atoms with Crippen LogP contribution in [0.15, 0.2) is 4.99 Å². The van der Waals surface area contributed by atoms with E-state index in [9.17, 15) is 4.79 Å². The lowest BCUT2D eigenvalue weighted by Gasteiger charge is -2.30. The predicted octanol–water partition coefficient (Wildman–Crippen LogP) is 1.94. The van der Waals surface area contributed by atoms with E-state index in [-0.39, 0.29) is 36.4 Å². The molecular weight excluding hydrogens is 455 g/mol. The number of guanidine groups is 1. The summed E-state index contributed by atoms with van der Waals surface area (Å²) in [4.78, 5) is 20.9. The van der Waals surface area contributed by atoms with E-state index in [1.54, 1.807) is 19.0 Å². The van der Waals surface area contributed by atoms with Crippen molar-refractivity contribution in [1.82, 2.24) is 15.1 Å². The first kappa shape index (κ1) is 19.7. The minimum atomic E-state index is 0. The van der Waals surface area contributed by atoms with Gasteiger partial charge in [-0.15, -0.1) is 24.0 Å². The van der Waals surface area contributed by atoms with E-state index in [0.717, 1.165) is 30.9 Å². The third-order valence-corrected chi connectivity index (χ3v) is 7.67. The van der Waals surface area contributed by atoms with Crippen LogP contribution in [0.4, 0.5) is 0 Å². The first-order valence-electron chi connectivity index (χ1n) is 10.5. The van der Waals surface area contributed by atoms with Gasteiger partial charge in [0.2, 0.25) is 5.91 Å². The van der Waals surface area contributed by atoms with E-state index in [1.807, 2.05) is 0 Å². The molecule has 3 aliphatic heterocycles. The highest BCUT2D eigenvalue weighted by Gasteiger charge is 2.53. The highest BCUT2D eigenvalue weighted by Crippen LogP contribution is 2.48. The first-order chi connectivity index (χ1) is 12.6. The Morgan fingerprint density at radius 2 is 1.81 bits per heavy atom. The van der Waals surface area contributed by atoms with Crippen LogP contribution in [0.5, 0.6) is 0 Å². The van der Waals surface area contributed by atoms with Gasteiger partial charge in [0.25, 0.3) is 0 Å². The molecule has 2 saturated carbocycles. The molecule has 27 heavy (non-hydrogen) atoms. The van der Waals surface area contributed by atoms with Crippen molar-refractivity contribution in [2.45, 2.75) is 56.8 Å². The number of halogens is 1. The van der Waals surface area contributed by atoms with E-state index >= 15 is 0 Å². The van der Waals surface area contributed by atoms with Gasteiger partial charge in [0.1, 0.15) is 6.54 Å². The van der Waals surface area contributed by atoms with Gasteiger partial charge in [0, 0.05) is 45.1 Å². The predicted molar refractivity (Wildman–Crippen MR) is 115 cm³/mol. The van der Waals surface area contributed by atoms with E-state index in [2.05, 4.69) is 10.2 Å². The van der Waals surface area contributed by atoms with Crippen molar-refractivity contribution in [3.63, 3.8) is 0 Å². The molecule has 7 unspecified atom stereocenters. The van der Waals surface area contributed by atoms with Crippen LogP contribution in [0.2, 0.25) is 0 Å². The van der Waals surface area contributed by atoms with Gasteiger partial charge >= 0.3 is 0 Å². The molecule has 0 aromatic carbocycles. The number of carbonyl (C=O) groups is 1. The summed E-state index contributed by atoms with van der Waals surface area (Å²) in [5.41, 5.74) is 0. The second-order valence-corrected chi connectivity index (χ2v) is 9.38. The third-order valence-electron chi connectivity index (χ3n) is 7.67. The Morgan fingerprint density at radius 1 is 1.11 bits per heavy atom. The summed E-state index contributed by atoms with van der Waals surface area (Å²) >= 11 is 0. The fraction of sp³-hybridized carbons (Fsp3) is 0.900. The molecule has 0 radical (unpaired) electrons. The van der Waals surface area contributed by atoms with Crippen LogP contribution in [0.25, 0.3) is 0 Å². The molecule has 3 saturated heterocycles. The summed E-state index contributed by atoms with van der Waals surface area (Å²) in [5, 5.41) is 3.79. The third kappa shape index (κ3) is 3.58. The SMILES string of the molecule is CN(C)C(=O)CN=C(NC1CC2CCC1C2)N1CC2C3CCC(O3)C2C1.I. The van der Waals surface area contributed by atoms with Crippen LogP contribution in [0.1, 0.15) is 38.5 Å². The van der Waals surface area contributed by atoms with Crippen molar-refractivity contribution < 1.29 is 9.53 Å². The molecule has 1 N–H and O–H groups in total. The zero-order chi connectivity index (χ0) is 17.8. The van der Waals surface area contributed by atoms with E-state index < -0.39 is 0 Å². The minimum absolute atomic E-state index is 0. The van der Waals surface area contributed by atoms with Crippen LogP contribution in [-0.2, 0) is 9.53 Å². The largest absolute Gasteiger partial charge is 0.374 e. The molecule has 0 spiro atoms. The Labute approximate surface area is 179 Å². The summed E-state index contributed by atoms with van der Waals surface area (Å²) in [7, 11) is 3.60. The zero-order valence-electron chi connectivity index (χ0n) is 16.5. The quantitative estimate of drug-likeness (QED) is 0.375. The summed E-state index contributed by atoms with van der Waals surface area (Å²) in [6.45, 7) is 2.31. The van der Waals surface area contributed by atoms with Gasteiger partial charge in [0.15, 0.2) is 5.96 Å². The van der Waals surface area contributed by atoms with Crippen molar-refractivity contribution in [2.24, 2.45) is 28.7 Å². The van der Waals surface area contributed by atoms with Crippen LogP contribution >= 0.6 is 24.0 Å². The van der Waals surface area contributed by atoms with Gasteiger partial charge in [0.05, 0.1) is 12.2 Å². The number of likely N-dealkylation sites (N-methyl/N-ethyl adjacent to an activating group) is 1. The van der Waals surface area contributed by atoms with Crippen LogP contribution in [-0.4, -0.2) is 73.6 Å². The maximum Gasteiger partial charge on any atom is 0.243 e. The fourth-order valence-corrected chi connectivity index (χ4v) is 6.24. The first-order valence-corrected chi connectivity index (χ1v) is 10.5. The molecule has 2 aliphatic carbocycles. The number of nitrogens with one attached hydrogen (secondary N) is 1. The van der Waals surface area contributed by atoms with Crippen LogP contribution in [0.3, 0.4) is 0 Å². The standard InChI is InChI=1S/C20H32N4O2.HI/c1-23(2)19(25)9-21-20(22-16-8-12-3-4-13(16)7-12)24-10-14-15(11-24)18-6-5-17(14)26-18;/h12-18H,3-11H2,1-2H3,(H,21,22);1H. The number of hydrogen-bond acceptors (Lipinski definition) is 3. The van der Waals surface area contributed by atoms with Crippen molar-refractivity contribution in [2.75, 3.05) is 33.7 Å². The van der Waals surface area contributed by atoms with Crippen LogP contribution < -0.4 is 5.32 Å². The zero-order valence-corrected chi connectivity index (χ0v) is 18.8.